The van der Waals surface area contributed by atoms with Gasteiger partial charge >= 0.3 is 23.9 Å². The predicted molar refractivity (Wildman–Crippen MR) is 280 cm³/mol. The summed E-state index contributed by atoms with van der Waals surface area (Å²) in [6.07, 6.45) is 0.0764. The summed E-state index contributed by atoms with van der Waals surface area (Å²) in [5.74, 6) is -1.53. The van der Waals surface area contributed by atoms with E-state index in [0.29, 0.717) is 67.3 Å². The molecule has 1 aliphatic rings. The minimum atomic E-state index is -0.647. The molecule has 0 N–H and O–H groups in total. The average molecular weight is 1070 g/mol. The first-order valence-corrected chi connectivity index (χ1v) is 24.7. The van der Waals surface area contributed by atoms with Crippen LogP contribution in [-0.4, -0.2) is 86.6 Å². The Bertz CT molecular complexity index is 2930. The Balaban J connectivity index is 1.50. The highest BCUT2D eigenvalue weighted by molar-refractivity contribution is 5.73. The first-order chi connectivity index (χ1) is 37.7. The van der Waals surface area contributed by atoms with Gasteiger partial charge in [-0.3, -0.25) is 20.2 Å². The molecule has 0 amide bonds. The largest absolute Gasteiger partial charge is 0.481 e. The smallest absolute Gasteiger partial charge is 0.344 e. The van der Waals surface area contributed by atoms with Crippen molar-refractivity contribution in [1.29, 1.82) is 0 Å². The van der Waals surface area contributed by atoms with Gasteiger partial charge in [-0.15, -0.1) is 0 Å². The number of benzene rings is 6. The number of nitro groups is 2. The van der Waals surface area contributed by atoms with Gasteiger partial charge in [0.25, 0.3) is 11.4 Å². The summed E-state index contributed by atoms with van der Waals surface area (Å²) in [6.45, 7) is 5.04. The number of hydrogen-bond donors (Lipinski definition) is 0. The zero-order valence-electron chi connectivity index (χ0n) is 43.1. The summed E-state index contributed by atoms with van der Waals surface area (Å²) in [4.78, 5) is 74.0. The van der Waals surface area contributed by atoms with Gasteiger partial charge in [0.2, 0.25) is 0 Å². The fourth-order valence-corrected chi connectivity index (χ4v) is 8.36. The Morgan fingerprint density at radius 2 is 0.628 bits per heavy atom. The van der Waals surface area contributed by atoms with Gasteiger partial charge in [0, 0.05) is 72.2 Å². The topological polar surface area (TPSA) is 278 Å². The fourth-order valence-electron chi connectivity index (χ4n) is 8.36. The van der Waals surface area contributed by atoms with Gasteiger partial charge in [-0.25, -0.2) is 19.2 Å². The van der Waals surface area contributed by atoms with Crippen molar-refractivity contribution in [2.45, 2.75) is 53.4 Å². The summed E-state index contributed by atoms with van der Waals surface area (Å²) >= 11 is 0. The Morgan fingerprint density at radius 1 is 0.385 bits per heavy atom. The molecule has 22 nitrogen and oxygen atoms in total. The van der Waals surface area contributed by atoms with E-state index < -0.39 is 60.2 Å². The quantitative estimate of drug-likeness (QED) is 0.0200. The molecule has 8 bridgehead atoms. The molecule has 404 valence electrons. The van der Waals surface area contributed by atoms with E-state index in [4.69, 9.17) is 37.9 Å². The first kappa shape index (κ1) is 56.1. The molecule has 0 radical (unpaired) electrons. The third kappa shape index (κ3) is 15.3. The monoisotopic (exact) mass is 1070 g/mol. The van der Waals surface area contributed by atoms with Gasteiger partial charge in [-0.2, -0.15) is 20.5 Å². The molecule has 0 aromatic heterocycles. The third-order valence-electron chi connectivity index (χ3n) is 11.6. The number of esters is 4. The van der Waals surface area contributed by atoms with Gasteiger partial charge < -0.3 is 37.9 Å². The first-order valence-electron chi connectivity index (χ1n) is 24.7. The number of azo groups is 2. The molecule has 0 heterocycles. The van der Waals surface area contributed by atoms with Crippen LogP contribution in [0, 0.1) is 20.2 Å². The van der Waals surface area contributed by atoms with Crippen molar-refractivity contribution in [3.63, 3.8) is 0 Å². The SMILES string of the molecule is CCOC(=O)COc1c2cccc1Cc1cc(N=Nc3ccc([N+](=O)[O-])cc3)cc(c1OCC(=O)OCC)Cc1cccc(c1OCC(=O)OCC)Cc1cc(N=Nc3ccc([N+](=O)[O-])cc3)cc(c1OCC(=O)OCC)C2. The van der Waals surface area contributed by atoms with Gasteiger partial charge in [0.05, 0.1) is 59.0 Å². The van der Waals surface area contributed by atoms with Gasteiger partial charge in [-0.05, 0) is 98.5 Å². The highest BCUT2D eigenvalue weighted by Gasteiger charge is 2.25. The number of fused-ring (bicyclic) bond motifs is 8. The second-order valence-electron chi connectivity index (χ2n) is 17.0. The molecule has 0 atom stereocenters. The Labute approximate surface area is 447 Å². The van der Waals surface area contributed by atoms with Crippen molar-refractivity contribution in [3.05, 3.63) is 174 Å². The summed E-state index contributed by atoms with van der Waals surface area (Å²) in [5, 5.41) is 40.8. The molecule has 0 spiro atoms. The molecule has 0 saturated carbocycles. The molecule has 1 aliphatic carbocycles. The number of carbonyl (C=O) groups excluding carboxylic acids is 4. The average Bonchev–Trinajstić information content (AvgIpc) is 3.44. The number of ether oxygens (including phenoxy) is 8. The molecule has 22 heteroatoms. The van der Waals surface area contributed by atoms with Crippen molar-refractivity contribution >= 4 is 58.0 Å². The van der Waals surface area contributed by atoms with Crippen molar-refractivity contribution in [1.82, 2.24) is 0 Å². The summed E-state index contributed by atoms with van der Waals surface area (Å²) in [6, 6.07) is 28.6. The van der Waals surface area contributed by atoms with Crippen LogP contribution in [0.5, 0.6) is 23.0 Å². The Morgan fingerprint density at radius 3 is 0.872 bits per heavy atom. The maximum absolute atomic E-state index is 13.0. The Hall–Kier alpha value is -9.60. The minimum Gasteiger partial charge on any atom is -0.481 e. The van der Waals surface area contributed by atoms with Crippen molar-refractivity contribution in [2.75, 3.05) is 52.9 Å². The molecule has 0 saturated heterocycles. The summed E-state index contributed by atoms with van der Waals surface area (Å²) in [7, 11) is 0. The molecular formula is C56H54N6O16. The maximum atomic E-state index is 13.0. The molecule has 0 fully saturated rings. The normalized spacial score (nSPS) is 11.8. The van der Waals surface area contributed by atoms with Crippen LogP contribution >= 0.6 is 0 Å². The maximum Gasteiger partial charge on any atom is 0.344 e. The molecule has 6 aromatic carbocycles. The van der Waals surface area contributed by atoms with Gasteiger partial charge in [0.15, 0.2) is 26.4 Å². The molecule has 7 rings (SSSR count). The van der Waals surface area contributed by atoms with Crippen molar-refractivity contribution < 1.29 is 66.9 Å². The molecular weight excluding hydrogens is 1010 g/mol. The lowest BCUT2D eigenvalue weighted by Gasteiger charge is -2.23. The lowest BCUT2D eigenvalue weighted by atomic mass is 9.90. The molecule has 78 heavy (non-hydrogen) atoms. The standard InChI is InChI=1S/C56H54N6O16/c1-5-71-49(63)31-75-53-35-11-9-12-36(53)24-40-28-46(60-58-44-17-21-48(22-18-44)62(69)70)30-42(56(40)78-34-52(66)74-8-4)26-38-14-10-13-37(54(38)76-32-50(64)72-6-2)25-41-29-45(59-57-43-15-19-47(20-16-43)61(67)68)27-39(23-35)55(41)77-33-51(65)73-7-3/h9-22,27-30H,5-8,23-26,31-34H2,1-4H3. The van der Waals surface area contributed by atoms with E-state index in [1.807, 2.05) is 0 Å². The molecule has 0 aliphatic heterocycles. The van der Waals surface area contributed by atoms with E-state index in [0.717, 1.165) is 0 Å². The second-order valence-corrected chi connectivity index (χ2v) is 17.0. The van der Waals surface area contributed by atoms with E-state index in [-0.39, 0.29) is 86.5 Å². The number of rotatable bonds is 22. The number of nitrogens with zero attached hydrogens (tertiary/aromatic N) is 6. The zero-order valence-corrected chi connectivity index (χ0v) is 43.1. The van der Waals surface area contributed by atoms with Crippen LogP contribution in [-0.2, 0) is 63.8 Å². The van der Waals surface area contributed by atoms with E-state index in [9.17, 15) is 39.4 Å². The number of nitro benzene ring substituents is 2. The number of hydrogen-bond acceptors (Lipinski definition) is 20. The van der Waals surface area contributed by atoms with Crippen molar-refractivity contribution in [3.8, 4) is 23.0 Å². The highest BCUT2D eigenvalue weighted by Crippen LogP contribution is 2.42. The summed E-state index contributed by atoms with van der Waals surface area (Å²) in [5.41, 5.74) is 5.00. The number of non-ortho nitro benzene ring substituents is 2. The zero-order chi connectivity index (χ0) is 55.6. The number of para-hydroxylation sites is 2. The third-order valence-corrected chi connectivity index (χ3v) is 11.6. The molecule has 6 aromatic rings. The fraction of sp³-hybridized carbons (Fsp3) is 0.286. The Kier molecular flexibility index (Phi) is 19.6. The van der Waals surface area contributed by atoms with E-state index in [1.54, 1.807) is 88.4 Å². The second kappa shape index (κ2) is 27.3. The van der Waals surface area contributed by atoms with Crippen molar-refractivity contribution in [2.24, 2.45) is 20.5 Å². The van der Waals surface area contributed by atoms with Gasteiger partial charge in [-0.1, -0.05) is 36.4 Å². The lowest BCUT2D eigenvalue weighted by Crippen LogP contribution is -2.18. The molecule has 0 unspecified atom stereocenters. The van der Waals surface area contributed by atoms with Crippen LogP contribution < -0.4 is 18.9 Å². The van der Waals surface area contributed by atoms with Crippen LogP contribution in [0.1, 0.15) is 72.2 Å². The van der Waals surface area contributed by atoms with Gasteiger partial charge in [0.1, 0.15) is 23.0 Å². The van der Waals surface area contributed by atoms with Crippen LogP contribution in [0.15, 0.2) is 130 Å². The predicted octanol–water partition coefficient (Wildman–Crippen LogP) is 10.8. The summed E-state index contributed by atoms with van der Waals surface area (Å²) < 4.78 is 46.8. The number of carbonyl (C=O) groups is 4. The highest BCUT2D eigenvalue weighted by atomic mass is 16.6. The van der Waals surface area contributed by atoms with E-state index >= 15 is 0 Å². The lowest BCUT2D eigenvalue weighted by molar-refractivity contribution is -0.385. The van der Waals surface area contributed by atoms with E-state index in [2.05, 4.69) is 20.5 Å². The van der Waals surface area contributed by atoms with Crippen LogP contribution in [0.3, 0.4) is 0 Å². The minimum absolute atomic E-state index is 0.0191. The van der Waals surface area contributed by atoms with Crippen LogP contribution in [0.25, 0.3) is 0 Å². The van der Waals surface area contributed by atoms with Crippen LogP contribution in [0.2, 0.25) is 0 Å². The van der Waals surface area contributed by atoms with E-state index in [1.165, 1.54) is 48.5 Å². The van der Waals surface area contributed by atoms with Crippen LogP contribution in [0.4, 0.5) is 34.1 Å².